The molecule has 22 rings (SSSR count). The highest BCUT2D eigenvalue weighted by Gasteiger charge is 2.37. The first kappa shape index (κ1) is 64.8. The largest absolute Gasteiger partial charge is 0.0619 e. The predicted molar refractivity (Wildman–Crippen MR) is 472 cm³/mol. The molecule has 0 heteroatoms. The lowest BCUT2D eigenvalue weighted by Gasteiger charge is -2.23. The lowest BCUT2D eigenvalue weighted by Crippen LogP contribution is -2.14. The molecule has 20 aromatic rings. The topological polar surface area (TPSA) is 0 Å². The quantitative estimate of drug-likeness (QED) is 0.133. The third kappa shape index (κ3) is 10.4. The molecule has 0 heterocycles. The van der Waals surface area contributed by atoms with Crippen molar-refractivity contribution in [2.45, 2.75) is 38.5 Å². The lowest BCUT2D eigenvalue weighted by molar-refractivity contribution is 0.660. The highest BCUT2D eigenvalue weighted by Crippen LogP contribution is 2.55. The van der Waals surface area contributed by atoms with E-state index in [1.165, 1.54) is 220 Å². The van der Waals surface area contributed by atoms with Crippen LogP contribution in [0.5, 0.6) is 0 Å². The van der Waals surface area contributed by atoms with Crippen molar-refractivity contribution in [3.05, 3.63) is 411 Å². The Morgan fingerprint density at radius 1 is 0.136 bits per heavy atom. The number of hydrogen-bond acceptors (Lipinski definition) is 0. The summed E-state index contributed by atoms with van der Waals surface area (Å²) < 4.78 is 0. The van der Waals surface area contributed by atoms with Gasteiger partial charge in [0.15, 0.2) is 0 Å². The summed E-state index contributed by atoms with van der Waals surface area (Å²) in [6.45, 7) is 9.48. The van der Waals surface area contributed by atoms with E-state index < -0.39 is 0 Å². The van der Waals surface area contributed by atoms with Crippen LogP contribution in [0.25, 0.3) is 197 Å². The van der Waals surface area contributed by atoms with Gasteiger partial charge in [-0.25, -0.2) is 0 Å². The van der Waals surface area contributed by atoms with Crippen LogP contribution in [-0.4, -0.2) is 0 Å². The van der Waals surface area contributed by atoms with Crippen molar-refractivity contribution in [2.24, 2.45) is 0 Å². The van der Waals surface area contributed by atoms with E-state index >= 15 is 0 Å². The second-order valence-corrected chi connectivity index (χ2v) is 31.3. The van der Waals surface area contributed by atoms with Gasteiger partial charge in [-0.1, -0.05) is 373 Å². The molecular formula is C110H76. The fourth-order valence-electron chi connectivity index (χ4n) is 19.1. The van der Waals surface area contributed by atoms with Gasteiger partial charge in [0.1, 0.15) is 0 Å². The maximum absolute atomic E-state index is 2.47. The first-order chi connectivity index (χ1) is 54.1. The Hall–Kier alpha value is -13.5. The zero-order chi connectivity index (χ0) is 73.3. The van der Waals surface area contributed by atoms with Gasteiger partial charge in [-0.05, 0) is 262 Å². The molecule has 0 nitrogen and oxygen atoms in total. The van der Waals surface area contributed by atoms with Crippen LogP contribution in [0.15, 0.2) is 388 Å². The normalized spacial score (nSPS) is 13.1. The van der Waals surface area contributed by atoms with Crippen molar-refractivity contribution in [1.82, 2.24) is 0 Å². The monoisotopic (exact) mass is 1400 g/mol. The second kappa shape index (κ2) is 25.6. The molecule has 20 aromatic carbocycles. The molecule has 0 bridgehead atoms. The maximum atomic E-state index is 2.47. The number of rotatable bonds is 8. The van der Waals surface area contributed by atoms with Gasteiger partial charge >= 0.3 is 0 Å². The fraction of sp³-hybridized carbons (Fsp3) is 0.0545. The van der Waals surface area contributed by atoms with Gasteiger partial charge < -0.3 is 0 Å². The summed E-state index contributed by atoms with van der Waals surface area (Å²) in [5.41, 5.74) is 30.9. The minimum absolute atomic E-state index is 0.0689. The van der Waals surface area contributed by atoms with Crippen LogP contribution in [0.1, 0.15) is 49.9 Å². The first-order valence-corrected chi connectivity index (χ1v) is 38.7. The molecule has 110 heavy (non-hydrogen) atoms. The van der Waals surface area contributed by atoms with Crippen molar-refractivity contribution in [2.75, 3.05) is 0 Å². The Morgan fingerprint density at radius 2 is 0.418 bits per heavy atom. The van der Waals surface area contributed by atoms with E-state index in [0.29, 0.717) is 0 Å². The van der Waals surface area contributed by atoms with Crippen LogP contribution in [0.4, 0.5) is 0 Å². The van der Waals surface area contributed by atoms with Crippen LogP contribution in [-0.2, 0) is 10.8 Å². The van der Waals surface area contributed by atoms with Gasteiger partial charge in [-0.2, -0.15) is 0 Å². The fourth-order valence-corrected chi connectivity index (χ4v) is 19.1. The van der Waals surface area contributed by atoms with E-state index in [9.17, 15) is 0 Å². The Kier molecular flexibility index (Phi) is 15.1. The molecule has 0 spiro atoms. The SMILES string of the molecule is CC1(C)c2ccccc2-c2ccc(-c3c4ccccc4c(-c4cc(-c5ccc(-c6ccc7ccccc7c6)cc5)cc5ccccc45)c4ccccc34)cc21.CC1(C)c2ccccc2-c2ccc(-c3c4ccccc4c(-c4cc(-c5ccc(-c6cccc7ccccc67)cc5)cc5ccccc45)c4ccccc34)cc21. The predicted octanol–water partition coefficient (Wildman–Crippen LogP) is 30.5. The van der Waals surface area contributed by atoms with Crippen molar-refractivity contribution in [1.29, 1.82) is 0 Å². The molecule has 0 unspecified atom stereocenters. The van der Waals surface area contributed by atoms with E-state index in [1.807, 2.05) is 0 Å². The highest BCUT2D eigenvalue weighted by molar-refractivity contribution is 6.26. The molecule has 0 aliphatic heterocycles. The molecule has 0 saturated carbocycles. The number of fused-ring (bicyclic) bond motifs is 14. The van der Waals surface area contributed by atoms with Gasteiger partial charge in [0, 0.05) is 10.8 Å². The summed E-state index contributed by atoms with van der Waals surface area (Å²) in [6.07, 6.45) is 0. The Labute approximate surface area is 642 Å². The molecule has 0 atom stereocenters. The van der Waals surface area contributed by atoms with E-state index in [1.54, 1.807) is 0 Å². The van der Waals surface area contributed by atoms with Crippen LogP contribution in [0.3, 0.4) is 0 Å². The highest BCUT2D eigenvalue weighted by atomic mass is 14.4. The summed E-state index contributed by atoms with van der Waals surface area (Å²) in [6, 6.07) is 144. The van der Waals surface area contributed by atoms with Crippen molar-refractivity contribution in [3.8, 4) is 111 Å². The van der Waals surface area contributed by atoms with Crippen LogP contribution in [0.2, 0.25) is 0 Å². The van der Waals surface area contributed by atoms with Gasteiger partial charge in [0.05, 0.1) is 0 Å². The molecular weight excluding hydrogens is 1320 g/mol. The number of hydrogen-bond donors (Lipinski definition) is 0. The zero-order valence-corrected chi connectivity index (χ0v) is 62.0. The third-order valence-corrected chi connectivity index (χ3v) is 24.5. The van der Waals surface area contributed by atoms with Crippen molar-refractivity contribution in [3.63, 3.8) is 0 Å². The maximum Gasteiger partial charge on any atom is 0.0159 e. The summed E-state index contributed by atoms with van der Waals surface area (Å²) >= 11 is 0. The van der Waals surface area contributed by atoms with Crippen LogP contribution >= 0.6 is 0 Å². The van der Waals surface area contributed by atoms with Gasteiger partial charge in [-0.3, -0.25) is 0 Å². The van der Waals surface area contributed by atoms with Gasteiger partial charge in [0.2, 0.25) is 0 Å². The smallest absolute Gasteiger partial charge is 0.0159 e. The van der Waals surface area contributed by atoms with E-state index in [2.05, 4.69) is 416 Å². The van der Waals surface area contributed by atoms with Crippen molar-refractivity contribution < 1.29 is 0 Å². The van der Waals surface area contributed by atoms with E-state index in [0.717, 1.165) is 0 Å². The molecule has 516 valence electrons. The molecule has 0 fully saturated rings. The minimum atomic E-state index is -0.0695. The summed E-state index contributed by atoms with van der Waals surface area (Å²) in [5, 5.41) is 20.3. The standard InChI is InChI=1S/2C55H38/c1-55(2)51-25-12-11-19-44(51)45-31-30-39(34-52(45)55)53-46-20-7-9-22-48(46)54(49-23-10-8-21-47(49)53)50-33-40(32-38-15-4-6-18-43(38)50)35-26-28-37(29-27-35)42-24-13-16-36-14-3-5-17-41(36)42;1-55(2)51-22-12-11-17-44(51)45-30-29-41(34-52(45)55)53-46-18-7-9-20-48(46)54(49-21-10-8-19-47(49)53)50-33-42(32-40-15-5-6-16-43(40)50)37-25-23-36(24-26-37)39-28-27-35-13-3-4-14-38(35)31-39/h2*3-34H,1-2H3. The zero-order valence-electron chi connectivity index (χ0n) is 62.0. The Bertz CT molecular complexity index is 7060. The van der Waals surface area contributed by atoms with E-state index in [4.69, 9.17) is 0 Å². The van der Waals surface area contributed by atoms with Crippen molar-refractivity contribution >= 4 is 86.2 Å². The summed E-state index contributed by atoms with van der Waals surface area (Å²) in [4.78, 5) is 0. The lowest BCUT2D eigenvalue weighted by atomic mass is 9.80. The minimum Gasteiger partial charge on any atom is -0.0619 e. The van der Waals surface area contributed by atoms with Crippen LogP contribution in [0, 0.1) is 0 Å². The summed E-state index contributed by atoms with van der Waals surface area (Å²) in [5.74, 6) is 0. The molecule has 0 saturated heterocycles. The molecule has 0 amide bonds. The molecule has 0 aromatic heterocycles. The van der Waals surface area contributed by atoms with Crippen LogP contribution < -0.4 is 0 Å². The molecule has 0 radical (unpaired) electrons. The molecule has 0 N–H and O–H groups in total. The van der Waals surface area contributed by atoms with E-state index in [-0.39, 0.29) is 10.8 Å². The molecule has 2 aliphatic carbocycles. The third-order valence-electron chi connectivity index (χ3n) is 24.5. The second-order valence-electron chi connectivity index (χ2n) is 31.3. The van der Waals surface area contributed by atoms with Gasteiger partial charge in [-0.15, -0.1) is 0 Å². The number of benzene rings is 20. The Morgan fingerprint density at radius 3 is 0.855 bits per heavy atom. The Balaban J connectivity index is 0.000000140. The average molecular weight is 1400 g/mol. The van der Waals surface area contributed by atoms with Gasteiger partial charge in [0.25, 0.3) is 0 Å². The first-order valence-electron chi connectivity index (χ1n) is 38.7. The summed E-state index contributed by atoms with van der Waals surface area (Å²) in [7, 11) is 0. The molecule has 2 aliphatic rings. The average Bonchev–Trinajstić information content (AvgIpc) is 1.22.